The van der Waals surface area contributed by atoms with Crippen LogP contribution < -0.4 is 10.6 Å². The Labute approximate surface area is 105 Å². The van der Waals surface area contributed by atoms with Gasteiger partial charge in [-0.1, -0.05) is 6.07 Å². The van der Waals surface area contributed by atoms with E-state index < -0.39 is 0 Å². The van der Waals surface area contributed by atoms with E-state index in [1.165, 1.54) is 0 Å². The van der Waals surface area contributed by atoms with Crippen LogP contribution in [0.2, 0.25) is 0 Å². The molecule has 2 N–H and O–H groups in total. The molecule has 0 unspecified atom stereocenters. The van der Waals surface area contributed by atoms with Crippen molar-refractivity contribution >= 4 is 23.1 Å². The van der Waals surface area contributed by atoms with Crippen LogP contribution in [-0.4, -0.2) is 19.9 Å². The Morgan fingerprint density at radius 2 is 2.35 bits per heavy atom. The minimum atomic E-state index is 0.549. The number of hydrogen-bond donors (Lipinski definition) is 2. The first-order valence-corrected chi connectivity index (χ1v) is 5.58. The van der Waals surface area contributed by atoms with Gasteiger partial charge >= 0.3 is 0 Å². The monoisotopic (exact) mass is 247 g/mol. The second-order valence-electron chi connectivity index (χ2n) is 3.54. The van der Waals surface area contributed by atoms with Crippen LogP contribution in [0.15, 0.2) is 36.8 Å². The minimum absolute atomic E-state index is 0.549. The molecule has 0 atom stereocenters. The van der Waals surface area contributed by atoms with Gasteiger partial charge in [0.25, 0.3) is 0 Å². The largest absolute Gasteiger partial charge is 0.358 e. The van der Waals surface area contributed by atoms with E-state index in [1.807, 2.05) is 31.4 Å². The molecule has 0 aliphatic heterocycles. The highest BCUT2D eigenvalue weighted by atomic mass is 32.1. The average Bonchev–Trinajstić information content (AvgIpc) is 2.73. The summed E-state index contributed by atoms with van der Waals surface area (Å²) < 4.78 is 1.71. The maximum Gasteiger partial charge on any atom is 0.172 e. The number of aromatic nitrogens is 3. The van der Waals surface area contributed by atoms with Gasteiger partial charge in [0.05, 0.1) is 0 Å². The standard InChI is InChI=1S/C11H13N5S/c1-16-6-4-10(15-16)14-11(17)13-8-9-3-2-5-12-7-9/h2-7H,8H2,1H3,(H2,13,14,15,17). The van der Waals surface area contributed by atoms with Crippen LogP contribution >= 0.6 is 12.2 Å². The number of aryl methyl sites for hydroxylation is 1. The molecule has 0 aliphatic carbocycles. The van der Waals surface area contributed by atoms with Gasteiger partial charge in [-0.2, -0.15) is 5.10 Å². The molecule has 2 aromatic rings. The van der Waals surface area contributed by atoms with Crippen molar-refractivity contribution in [2.45, 2.75) is 6.54 Å². The van der Waals surface area contributed by atoms with Gasteiger partial charge in [0, 0.05) is 38.2 Å². The number of pyridine rings is 1. The number of nitrogens with zero attached hydrogens (tertiary/aromatic N) is 3. The third-order valence-corrected chi connectivity index (χ3v) is 2.38. The molecule has 0 aromatic carbocycles. The second-order valence-corrected chi connectivity index (χ2v) is 3.95. The topological polar surface area (TPSA) is 54.8 Å². The Morgan fingerprint density at radius 1 is 1.47 bits per heavy atom. The quantitative estimate of drug-likeness (QED) is 0.801. The fraction of sp³-hybridized carbons (Fsp3) is 0.182. The molecule has 2 rings (SSSR count). The van der Waals surface area contributed by atoms with Crippen molar-refractivity contribution < 1.29 is 0 Å². The lowest BCUT2D eigenvalue weighted by atomic mass is 10.3. The van der Waals surface area contributed by atoms with E-state index >= 15 is 0 Å². The van der Waals surface area contributed by atoms with Crippen molar-refractivity contribution in [1.82, 2.24) is 20.1 Å². The molecular formula is C11H13N5S. The second kappa shape index (κ2) is 5.40. The number of thiocarbonyl (C=S) groups is 1. The Balaban J connectivity index is 1.82. The molecule has 0 amide bonds. The zero-order valence-electron chi connectivity index (χ0n) is 9.42. The predicted octanol–water partition coefficient (Wildman–Crippen LogP) is 1.30. The molecule has 0 saturated heterocycles. The van der Waals surface area contributed by atoms with Crippen LogP contribution in [0.3, 0.4) is 0 Å². The van der Waals surface area contributed by atoms with Gasteiger partial charge < -0.3 is 10.6 Å². The summed E-state index contributed by atoms with van der Waals surface area (Å²) in [6.07, 6.45) is 5.40. The summed E-state index contributed by atoms with van der Waals surface area (Å²) in [4.78, 5) is 4.03. The fourth-order valence-electron chi connectivity index (χ4n) is 1.33. The molecule has 2 heterocycles. The minimum Gasteiger partial charge on any atom is -0.358 e. The lowest BCUT2D eigenvalue weighted by molar-refractivity contribution is 0.771. The Bertz CT molecular complexity index is 494. The molecule has 0 spiro atoms. The van der Waals surface area contributed by atoms with Gasteiger partial charge in [0.2, 0.25) is 0 Å². The summed E-state index contributed by atoms with van der Waals surface area (Å²) in [7, 11) is 1.86. The molecule has 0 aliphatic rings. The molecule has 0 saturated carbocycles. The summed E-state index contributed by atoms with van der Waals surface area (Å²) in [5.41, 5.74) is 1.08. The molecule has 6 heteroatoms. The number of anilines is 1. The third-order valence-electron chi connectivity index (χ3n) is 2.13. The van der Waals surface area contributed by atoms with Crippen molar-refractivity contribution in [3.63, 3.8) is 0 Å². The highest BCUT2D eigenvalue weighted by molar-refractivity contribution is 7.80. The maximum atomic E-state index is 5.15. The highest BCUT2D eigenvalue weighted by Gasteiger charge is 2.00. The number of rotatable bonds is 3. The summed E-state index contributed by atoms with van der Waals surface area (Å²) in [6, 6.07) is 5.74. The third kappa shape index (κ3) is 3.53. The fourth-order valence-corrected chi connectivity index (χ4v) is 1.50. The number of nitrogens with one attached hydrogen (secondary N) is 2. The van der Waals surface area contributed by atoms with Crippen LogP contribution in [0, 0.1) is 0 Å². The van der Waals surface area contributed by atoms with E-state index in [0.29, 0.717) is 11.7 Å². The average molecular weight is 247 g/mol. The molecule has 88 valence electrons. The molecular weight excluding hydrogens is 234 g/mol. The van der Waals surface area contributed by atoms with Crippen LogP contribution in [0.4, 0.5) is 5.82 Å². The molecule has 17 heavy (non-hydrogen) atoms. The normalized spacial score (nSPS) is 9.94. The first kappa shape index (κ1) is 11.5. The summed E-state index contributed by atoms with van der Waals surface area (Å²) >= 11 is 5.15. The smallest absolute Gasteiger partial charge is 0.172 e. The summed E-state index contributed by atoms with van der Waals surface area (Å²) in [6.45, 7) is 0.645. The van der Waals surface area contributed by atoms with E-state index in [2.05, 4.69) is 20.7 Å². The van der Waals surface area contributed by atoms with E-state index in [0.717, 1.165) is 11.4 Å². The first-order chi connectivity index (χ1) is 8.24. The van der Waals surface area contributed by atoms with Gasteiger partial charge in [-0.3, -0.25) is 9.67 Å². The summed E-state index contributed by atoms with van der Waals surface area (Å²) in [5, 5.41) is 10.8. The lowest BCUT2D eigenvalue weighted by Gasteiger charge is -2.07. The van der Waals surface area contributed by atoms with Crippen LogP contribution in [0.1, 0.15) is 5.56 Å². The SMILES string of the molecule is Cn1ccc(NC(=S)NCc2cccnc2)n1. The van der Waals surface area contributed by atoms with Gasteiger partial charge in [-0.15, -0.1) is 0 Å². The van der Waals surface area contributed by atoms with E-state index in [4.69, 9.17) is 12.2 Å². The van der Waals surface area contributed by atoms with Crippen molar-refractivity contribution in [1.29, 1.82) is 0 Å². The van der Waals surface area contributed by atoms with E-state index in [-0.39, 0.29) is 0 Å². The zero-order chi connectivity index (χ0) is 12.1. The number of hydrogen-bond acceptors (Lipinski definition) is 3. The van der Waals surface area contributed by atoms with Crippen molar-refractivity contribution in [2.75, 3.05) is 5.32 Å². The molecule has 5 nitrogen and oxygen atoms in total. The summed E-state index contributed by atoms with van der Waals surface area (Å²) in [5.74, 6) is 0.733. The van der Waals surface area contributed by atoms with Gasteiger partial charge in [-0.05, 0) is 23.8 Å². The maximum absolute atomic E-state index is 5.15. The van der Waals surface area contributed by atoms with Crippen LogP contribution in [-0.2, 0) is 13.6 Å². The van der Waals surface area contributed by atoms with Gasteiger partial charge in [0.15, 0.2) is 10.9 Å². The first-order valence-electron chi connectivity index (χ1n) is 5.17. The van der Waals surface area contributed by atoms with E-state index in [1.54, 1.807) is 17.1 Å². The van der Waals surface area contributed by atoms with E-state index in [9.17, 15) is 0 Å². The van der Waals surface area contributed by atoms with Gasteiger partial charge in [-0.25, -0.2) is 0 Å². The van der Waals surface area contributed by atoms with Crippen molar-refractivity contribution in [3.05, 3.63) is 42.4 Å². The highest BCUT2D eigenvalue weighted by Crippen LogP contribution is 2.01. The molecule has 2 aromatic heterocycles. The molecule has 0 fully saturated rings. The molecule has 0 radical (unpaired) electrons. The lowest BCUT2D eigenvalue weighted by Crippen LogP contribution is -2.28. The van der Waals surface area contributed by atoms with Crippen molar-refractivity contribution in [2.24, 2.45) is 7.05 Å². The zero-order valence-corrected chi connectivity index (χ0v) is 10.2. The van der Waals surface area contributed by atoms with Gasteiger partial charge in [0.1, 0.15) is 0 Å². The Kier molecular flexibility index (Phi) is 3.66. The predicted molar refractivity (Wildman–Crippen MR) is 70.5 cm³/mol. The van der Waals surface area contributed by atoms with Crippen LogP contribution in [0.5, 0.6) is 0 Å². The molecule has 0 bridgehead atoms. The van der Waals surface area contributed by atoms with Crippen molar-refractivity contribution in [3.8, 4) is 0 Å². The Morgan fingerprint density at radius 3 is 3.00 bits per heavy atom. The Hall–Kier alpha value is -1.95. The van der Waals surface area contributed by atoms with Crippen LogP contribution in [0.25, 0.3) is 0 Å².